The summed E-state index contributed by atoms with van der Waals surface area (Å²) in [5, 5.41) is 2.72. The van der Waals surface area contributed by atoms with Gasteiger partial charge in [0, 0.05) is 24.3 Å². The molecule has 1 amide bonds. The maximum absolute atomic E-state index is 12.9. The number of hydrogen-bond acceptors (Lipinski definition) is 6. The van der Waals surface area contributed by atoms with Gasteiger partial charge in [-0.25, -0.2) is 13.2 Å². The van der Waals surface area contributed by atoms with Crippen LogP contribution in [0.1, 0.15) is 33.2 Å². The van der Waals surface area contributed by atoms with Crippen molar-refractivity contribution in [3.05, 3.63) is 59.2 Å². The van der Waals surface area contributed by atoms with Crippen molar-refractivity contribution in [1.29, 1.82) is 0 Å². The van der Waals surface area contributed by atoms with Crippen LogP contribution in [0, 0.1) is 6.92 Å². The monoisotopic (exact) mass is 432 g/mol. The van der Waals surface area contributed by atoms with Crippen molar-refractivity contribution in [2.45, 2.75) is 18.7 Å². The second kappa shape index (κ2) is 9.38. The van der Waals surface area contributed by atoms with E-state index in [0.29, 0.717) is 30.0 Å². The molecule has 1 aliphatic rings. The first-order valence-corrected chi connectivity index (χ1v) is 11.0. The fourth-order valence-electron chi connectivity index (χ4n) is 3.08. The maximum Gasteiger partial charge on any atom is 0.338 e. The zero-order valence-corrected chi connectivity index (χ0v) is 17.7. The molecule has 0 aliphatic carbocycles. The molecule has 0 spiro atoms. The summed E-state index contributed by atoms with van der Waals surface area (Å²) in [6.07, 6.45) is 0. The minimum Gasteiger partial charge on any atom is -0.462 e. The lowest BCUT2D eigenvalue weighted by atomic mass is 10.1. The van der Waals surface area contributed by atoms with E-state index >= 15 is 0 Å². The minimum atomic E-state index is -3.72. The van der Waals surface area contributed by atoms with Crippen molar-refractivity contribution in [3.63, 3.8) is 0 Å². The highest BCUT2D eigenvalue weighted by Gasteiger charge is 2.27. The van der Waals surface area contributed by atoms with Gasteiger partial charge in [0.25, 0.3) is 5.91 Å². The normalized spacial score (nSPS) is 14.9. The molecular weight excluding hydrogens is 408 g/mol. The Morgan fingerprint density at radius 2 is 1.87 bits per heavy atom. The van der Waals surface area contributed by atoms with Gasteiger partial charge in [-0.1, -0.05) is 12.1 Å². The van der Waals surface area contributed by atoms with E-state index in [1.807, 2.05) is 0 Å². The van der Waals surface area contributed by atoms with Gasteiger partial charge in [-0.3, -0.25) is 4.79 Å². The third-order valence-electron chi connectivity index (χ3n) is 4.69. The summed E-state index contributed by atoms with van der Waals surface area (Å²) in [5.41, 5.74) is 1.60. The smallest absolute Gasteiger partial charge is 0.338 e. The van der Waals surface area contributed by atoms with Crippen molar-refractivity contribution in [2.24, 2.45) is 0 Å². The lowest BCUT2D eigenvalue weighted by molar-refractivity contribution is 0.0526. The molecule has 160 valence electrons. The largest absolute Gasteiger partial charge is 0.462 e. The standard InChI is InChI=1S/C21H24N2O6S/c1-3-29-21(25)16-5-4-6-17(13-16)22-20(24)19-14-18(8-7-15(19)2)30(26,27)23-9-11-28-12-10-23/h4-8,13-14H,3,9-12H2,1-2H3,(H,22,24). The van der Waals surface area contributed by atoms with Crippen LogP contribution in [0.25, 0.3) is 0 Å². The molecule has 1 heterocycles. The molecule has 0 radical (unpaired) electrons. The molecular formula is C21H24N2O6S. The van der Waals surface area contributed by atoms with Gasteiger partial charge in [0.15, 0.2) is 0 Å². The molecule has 0 atom stereocenters. The number of nitrogens with one attached hydrogen (secondary N) is 1. The predicted octanol–water partition coefficient (Wildman–Crippen LogP) is 2.44. The molecule has 0 saturated carbocycles. The average Bonchev–Trinajstić information content (AvgIpc) is 2.75. The van der Waals surface area contributed by atoms with Crippen LogP contribution < -0.4 is 5.32 Å². The highest BCUT2D eigenvalue weighted by Crippen LogP contribution is 2.22. The van der Waals surface area contributed by atoms with E-state index < -0.39 is 21.9 Å². The number of morpholine rings is 1. The summed E-state index contributed by atoms with van der Waals surface area (Å²) >= 11 is 0. The summed E-state index contributed by atoms with van der Waals surface area (Å²) in [7, 11) is -3.72. The molecule has 1 N–H and O–H groups in total. The highest BCUT2D eigenvalue weighted by molar-refractivity contribution is 7.89. The molecule has 0 unspecified atom stereocenters. The molecule has 9 heteroatoms. The lowest BCUT2D eigenvalue weighted by Gasteiger charge is -2.26. The number of esters is 1. The van der Waals surface area contributed by atoms with Crippen LogP contribution in [0.15, 0.2) is 47.4 Å². The van der Waals surface area contributed by atoms with Crippen LogP contribution in [0.3, 0.4) is 0 Å². The van der Waals surface area contributed by atoms with Gasteiger partial charge in [-0.2, -0.15) is 4.31 Å². The number of ether oxygens (including phenoxy) is 2. The highest BCUT2D eigenvalue weighted by atomic mass is 32.2. The van der Waals surface area contributed by atoms with Gasteiger partial charge in [0.2, 0.25) is 10.0 Å². The Labute approximate surface area is 175 Å². The van der Waals surface area contributed by atoms with Crippen molar-refractivity contribution >= 4 is 27.6 Å². The molecule has 30 heavy (non-hydrogen) atoms. The van der Waals surface area contributed by atoms with Crippen LogP contribution in [0.2, 0.25) is 0 Å². The predicted molar refractivity (Wildman–Crippen MR) is 111 cm³/mol. The van der Waals surface area contributed by atoms with Crippen LogP contribution in [0.4, 0.5) is 5.69 Å². The lowest BCUT2D eigenvalue weighted by Crippen LogP contribution is -2.40. The number of amides is 1. The fraction of sp³-hybridized carbons (Fsp3) is 0.333. The zero-order chi connectivity index (χ0) is 21.7. The van der Waals surface area contributed by atoms with Gasteiger partial charge in [-0.05, 0) is 49.7 Å². The molecule has 1 aliphatic heterocycles. The van der Waals surface area contributed by atoms with Crippen molar-refractivity contribution in [2.75, 3.05) is 38.2 Å². The number of aryl methyl sites for hydroxylation is 1. The Morgan fingerprint density at radius 3 is 2.57 bits per heavy atom. The van der Waals surface area contributed by atoms with Crippen molar-refractivity contribution in [1.82, 2.24) is 4.31 Å². The Morgan fingerprint density at radius 1 is 1.13 bits per heavy atom. The molecule has 0 aromatic heterocycles. The van der Waals surface area contributed by atoms with Crippen LogP contribution in [0.5, 0.6) is 0 Å². The molecule has 1 saturated heterocycles. The van der Waals surface area contributed by atoms with E-state index in [1.165, 1.54) is 22.5 Å². The Bertz CT molecular complexity index is 1050. The number of sulfonamides is 1. The number of anilines is 1. The number of rotatable bonds is 6. The number of hydrogen-bond donors (Lipinski definition) is 1. The van der Waals surface area contributed by atoms with E-state index in [1.54, 1.807) is 38.1 Å². The molecule has 0 bridgehead atoms. The van der Waals surface area contributed by atoms with Crippen molar-refractivity contribution < 1.29 is 27.5 Å². The van der Waals surface area contributed by atoms with Gasteiger partial charge in [0.1, 0.15) is 0 Å². The van der Waals surface area contributed by atoms with Crippen LogP contribution >= 0.6 is 0 Å². The first-order chi connectivity index (χ1) is 14.3. The number of carbonyl (C=O) groups excluding carboxylic acids is 2. The average molecular weight is 432 g/mol. The first-order valence-electron chi connectivity index (χ1n) is 9.60. The molecule has 3 rings (SSSR count). The summed E-state index contributed by atoms with van der Waals surface area (Å²) < 4.78 is 37.3. The Hall–Kier alpha value is -2.75. The maximum atomic E-state index is 12.9. The summed E-state index contributed by atoms with van der Waals surface area (Å²) in [6.45, 7) is 4.93. The van der Waals surface area contributed by atoms with E-state index in [2.05, 4.69) is 5.32 Å². The Balaban J connectivity index is 1.84. The van der Waals surface area contributed by atoms with Crippen LogP contribution in [-0.2, 0) is 19.5 Å². The van der Waals surface area contributed by atoms with Gasteiger partial charge >= 0.3 is 5.97 Å². The van der Waals surface area contributed by atoms with Gasteiger partial charge in [0.05, 0.1) is 30.3 Å². The Kier molecular flexibility index (Phi) is 6.86. The quantitative estimate of drug-likeness (QED) is 0.704. The van der Waals surface area contributed by atoms with Gasteiger partial charge < -0.3 is 14.8 Å². The second-order valence-electron chi connectivity index (χ2n) is 6.75. The molecule has 2 aromatic rings. The first kappa shape index (κ1) is 21.9. The zero-order valence-electron chi connectivity index (χ0n) is 16.9. The topological polar surface area (TPSA) is 102 Å². The molecule has 1 fully saturated rings. The SMILES string of the molecule is CCOC(=O)c1cccc(NC(=O)c2cc(S(=O)(=O)N3CCOCC3)ccc2C)c1. The van der Waals surface area contributed by atoms with Crippen LogP contribution in [-0.4, -0.2) is 57.5 Å². The number of benzene rings is 2. The van der Waals surface area contributed by atoms with E-state index in [-0.39, 0.29) is 30.2 Å². The third kappa shape index (κ3) is 4.86. The minimum absolute atomic E-state index is 0.0559. The third-order valence-corrected chi connectivity index (χ3v) is 6.59. The van der Waals surface area contributed by atoms with E-state index in [9.17, 15) is 18.0 Å². The summed E-state index contributed by atoms with van der Waals surface area (Å²) in [6, 6.07) is 10.9. The number of carbonyl (C=O) groups is 2. The summed E-state index contributed by atoms with van der Waals surface area (Å²) in [4.78, 5) is 24.8. The number of nitrogens with zero attached hydrogens (tertiary/aromatic N) is 1. The second-order valence-corrected chi connectivity index (χ2v) is 8.69. The van der Waals surface area contributed by atoms with Crippen molar-refractivity contribution in [3.8, 4) is 0 Å². The molecule has 8 nitrogen and oxygen atoms in total. The van der Waals surface area contributed by atoms with E-state index in [0.717, 1.165) is 0 Å². The molecule has 2 aromatic carbocycles. The summed E-state index contributed by atoms with van der Waals surface area (Å²) in [5.74, 6) is -0.948. The fourth-order valence-corrected chi connectivity index (χ4v) is 4.51. The van der Waals surface area contributed by atoms with Gasteiger partial charge in [-0.15, -0.1) is 0 Å². The van der Waals surface area contributed by atoms with E-state index in [4.69, 9.17) is 9.47 Å².